The summed E-state index contributed by atoms with van der Waals surface area (Å²) in [6.45, 7) is 2.98. The minimum Gasteiger partial charge on any atom is -0.406 e. The number of pyridine rings is 1. The summed E-state index contributed by atoms with van der Waals surface area (Å²) in [5.74, 6) is -2.11. The number of hydrogen-bond acceptors (Lipinski definition) is 5. The van der Waals surface area contributed by atoms with E-state index in [1.807, 2.05) is 0 Å². The number of carbonyl (C=O) groups excluding carboxylic acids is 3. The van der Waals surface area contributed by atoms with E-state index in [2.05, 4.69) is 15.0 Å². The molecule has 0 spiro atoms. The van der Waals surface area contributed by atoms with Crippen molar-refractivity contribution in [2.45, 2.75) is 32.3 Å². The summed E-state index contributed by atoms with van der Waals surface area (Å²) in [6, 6.07) is 10.2. The maximum atomic E-state index is 13.3. The second kappa shape index (κ2) is 9.52. The van der Waals surface area contributed by atoms with Crippen LogP contribution in [0.5, 0.6) is 5.75 Å². The molecule has 2 heterocycles. The van der Waals surface area contributed by atoms with E-state index in [1.54, 1.807) is 6.07 Å². The largest absolute Gasteiger partial charge is 0.573 e. The van der Waals surface area contributed by atoms with E-state index in [-0.39, 0.29) is 23.5 Å². The van der Waals surface area contributed by atoms with Gasteiger partial charge in [-0.1, -0.05) is 0 Å². The molecular formula is C25H20F4N4O4. The fraction of sp³-hybridized carbons (Fsp3) is 0.200. The average Bonchev–Trinajstić information content (AvgIpc) is 2.99. The molecule has 1 fully saturated rings. The third-order valence-corrected chi connectivity index (χ3v) is 5.75. The Morgan fingerprint density at radius 1 is 1.03 bits per heavy atom. The van der Waals surface area contributed by atoms with Crippen molar-refractivity contribution in [3.63, 3.8) is 0 Å². The Balaban J connectivity index is 1.56. The second-order valence-electron chi connectivity index (χ2n) is 8.60. The minimum absolute atomic E-state index is 0.0691. The molecule has 0 radical (unpaired) electrons. The average molecular weight is 516 g/mol. The topological polar surface area (TPSA) is 91.8 Å². The Hall–Kier alpha value is -4.48. The summed E-state index contributed by atoms with van der Waals surface area (Å²) >= 11 is 0. The van der Waals surface area contributed by atoms with E-state index in [0.29, 0.717) is 5.56 Å². The number of nitrogens with one attached hydrogen (secondary N) is 1. The molecular weight excluding hydrogens is 496 g/mol. The highest BCUT2D eigenvalue weighted by molar-refractivity contribution is 6.23. The molecule has 0 atom stereocenters. The van der Waals surface area contributed by atoms with Crippen LogP contribution in [0.25, 0.3) is 0 Å². The lowest BCUT2D eigenvalue weighted by atomic mass is 10.0. The van der Waals surface area contributed by atoms with Crippen LogP contribution in [0.2, 0.25) is 0 Å². The molecule has 0 bridgehead atoms. The summed E-state index contributed by atoms with van der Waals surface area (Å²) < 4.78 is 54.4. The number of aromatic nitrogens is 1. The minimum atomic E-state index is -4.88. The molecule has 0 saturated carbocycles. The fourth-order valence-corrected chi connectivity index (χ4v) is 3.77. The van der Waals surface area contributed by atoms with E-state index in [1.165, 1.54) is 55.4 Å². The lowest BCUT2D eigenvalue weighted by Gasteiger charge is -2.28. The third-order valence-electron chi connectivity index (χ3n) is 5.75. The molecule has 0 unspecified atom stereocenters. The maximum Gasteiger partial charge on any atom is 0.573 e. The zero-order valence-corrected chi connectivity index (χ0v) is 19.5. The first-order chi connectivity index (χ1) is 17.4. The van der Waals surface area contributed by atoms with Crippen molar-refractivity contribution in [1.82, 2.24) is 9.88 Å². The number of nitrogens with zero attached hydrogens (tertiary/aromatic N) is 3. The predicted octanol–water partition coefficient (Wildman–Crippen LogP) is 5.12. The zero-order valence-electron chi connectivity index (χ0n) is 19.5. The van der Waals surface area contributed by atoms with Crippen molar-refractivity contribution in [2.24, 2.45) is 0 Å². The van der Waals surface area contributed by atoms with Crippen molar-refractivity contribution in [3.05, 3.63) is 83.9 Å². The number of urea groups is 1. The van der Waals surface area contributed by atoms with Gasteiger partial charge in [-0.2, -0.15) is 0 Å². The van der Waals surface area contributed by atoms with Gasteiger partial charge in [-0.05, 0) is 74.0 Å². The van der Waals surface area contributed by atoms with Crippen LogP contribution in [0.4, 0.5) is 33.7 Å². The standard InChI is InChI=1S/C25H20F4N4O4/c1-24(2)22(35)33(18-7-9-19(10-8-18)37-25(27,28)29)23(36)32(24)14-16-11-12-30-13-20(16)31-21(34)15-3-5-17(26)6-4-15/h3-13H,14H2,1-2H3,(H,31,34). The number of ether oxygens (including phenoxy) is 1. The molecule has 1 aliphatic heterocycles. The Morgan fingerprint density at radius 3 is 2.30 bits per heavy atom. The van der Waals surface area contributed by atoms with Crippen LogP contribution in [0, 0.1) is 5.82 Å². The van der Waals surface area contributed by atoms with Crippen molar-refractivity contribution in [1.29, 1.82) is 0 Å². The number of carbonyl (C=O) groups is 3. The van der Waals surface area contributed by atoms with Crippen molar-refractivity contribution >= 4 is 29.2 Å². The number of halogens is 4. The summed E-state index contributed by atoms with van der Waals surface area (Å²) in [4.78, 5) is 45.3. The number of alkyl halides is 3. The van der Waals surface area contributed by atoms with Gasteiger partial charge in [0.15, 0.2) is 0 Å². The lowest BCUT2D eigenvalue weighted by Crippen LogP contribution is -2.43. The lowest BCUT2D eigenvalue weighted by molar-refractivity contribution is -0.274. The van der Waals surface area contributed by atoms with Crippen LogP contribution in [-0.4, -0.2) is 39.6 Å². The Kier molecular flexibility index (Phi) is 6.59. The second-order valence-corrected chi connectivity index (χ2v) is 8.60. The summed E-state index contributed by atoms with van der Waals surface area (Å²) in [6.07, 6.45) is -2.05. The molecule has 1 saturated heterocycles. The smallest absolute Gasteiger partial charge is 0.406 e. The molecule has 192 valence electrons. The van der Waals surface area contributed by atoms with Crippen LogP contribution in [-0.2, 0) is 11.3 Å². The van der Waals surface area contributed by atoms with Crippen molar-refractivity contribution in [3.8, 4) is 5.75 Å². The number of anilines is 2. The van der Waals surface area contributed by atoms with E-state index < -0.39 is 41.3 Å². The number of hydrogen-bond donors (Lipinski definition) is 1. The summed E-state index contributed by atoms with van der Waals surface area (Å²) in [5, 5.41) is 2.68. The molecule has 1 N–H and O–H groups in total. The number of benzene rings is 2. The van der Waals surface area contributed by atoms with Crippen LogP contribution in [0.1, 0.15) is 29.8 Å². The SMILES string of the molecule is CC1(C)C(=O)N(c2ccc(OC(F)(F)F)cc2)C(=O)N1Cc1ccncc1NC(=O)c1ccc(F)cc1. The molecule has 4 amide bonds. The van der Waals surface area contributed by atoms with E-state index in [0.717, 1.165) is 29.2 Å². The summed E-state index contributed by atoms with van der Waals surface area (Å²) in [7, 11) is 0. The van der Waals surface area contributed by atoms with Crippen molar-refractivity contribution in [2.75, 3.05) is 10.2 Å². The molecule has 1 aromatic heterocycles. The Bertz CT molecular complexity index is 1340. The Morgan fingerprint density at radius 2 is 1.68 bits per heavy atom. The van der Waals surface area contributed by atoms with Crippen LogP contribution in [0.3, 0.4) is 0 Å². The quantitative estimate of drug-likeness (QED) is 0.363. The van der Waals surface area contributed by atoms with Gasteiger partial charge in [0.25, 0.3) is 11.8 Å². The monoisotopic (exact) mass is 516 g/mol. The molecule has 2 aromatic carbocycles. The summed E-state index contributed by atoms with van der Waals surface area (Å²) in [5.41, 5.74) is -0.303. The van der Waals surface area contributed by atoms with Gasteiger partial charge in [0.2, 0.25) is 0 Å². The fourth-order valence-electron chi connectivity index (χ4n) is 3.77. The van der Waals surface area contributed by atoms with Gasteiger partial charge < -0.3 is 15.0 Å². The van der Waals surface area contributed by atoms with E-state index >= 15 is 0 Å². The first-order valence-electron chi connectivity index (χ1n) is 10.9. The van der Waals surface area contributed by atoms with Gasteiger partial charge in [0, 0.05) is 11.8 Å². The highest BCUT2D eigenvalue weighted by Crippen LogP contribution is 2.35. The predicted molar refractivity (Wildman–Crippen MR) is 124 cm³/mol. The maximum absolute atomic E-state index is 13.3. The Labute approximate surface area is 208 Å². The van der Waals surface area contributed by atoms with Crippen LogP contribution in [0.15, 0.2) is 67.0 Å². The molecule has 4 rings (SSSR count). The van der Waals surface area contributed by atoms with Gasteiger partial charge in [-0.25, -0.2) is 14.1 Å². The number of imide groups is 1. The van der Waals surface area contributed by atoms with Gasteiger partial charge in [0.05, 0.1) is 24.1 Å². The molecule has 12 heteroatoms. The van der Waals surface area contributed by atoms with E-state index in [4.69, 9.17) is 0 Å². The van der Waals surface area contributed by atoms with Crippen LogP contribution >= 0.6 is 0 Å². The normalized spacial score (nSPS) is 15.2. The molecule has 1 aliphatic rings. The number of amides is 4. The highest BCUT2D eigenvalue weighted by atomic mass is 19.4. The van der Waals surface area contributed by atoms with Crippen LogP contribution < -0.4 is 15.0 Å². The van der Waals surface area contributed by atoms with Gasteiger partial charge in [-0.3, -0.25) is 14.6 Å². The highest BCUT2D eigenvalue weighted by Gasteiger charge is 2.52. The zero-order chi connectivity index (χ0) is 27.0. The number of rotatable bonds is 6. The van der Waals surface area contributed by atoms with Gasteiger partial charge >= 0.3 is 12.4 Å². The van der Waals surface area contributed by atoms with Gasteiger partial charge in [0.1, 0.15) is 17.1 Å². The van der Waals surface area contributed by atoms with Gasteiger partial charge in [-0.15, -0.1) is 13.2 Å². The molecule has 37 heavy (non-hydrogen) atoms. The molecule has 0 aliphatic carbocycles. The first kappa shape index (κ1) is 25.6. The molecule has 8 nitrogen and oxygen atoms in total. The molecule has 3 aromatic rings. The first-order valence-corrected chi connectivity index (χ1v) is 10.9. The third kappa shape index (κ3) is 5.37. The van der Waals surface area contributed by atoms with Crippen molar-refractivity contribution < 1.29 is 36.7 Å². The van der Waals surface area contributed by atoms with E-state index in [9.17, 15) is 31.9 Å².